The Labute approximate surface area is 120 Å². The highest BCUT2D eigenvalue weighted by Gasteiger charge is 2.33. The van der Waals surface area contributed by atoms with Gasteiger partial charge in [-0.1, -0.05) is 37.3 Å². The fourth-order valence-electron chi connectivity index (χ4n) is 2.17. The summed E-state index contributed by atoms with van der Waals surface area (Å²) in [5.41, 5.74) is 0.320. The van der Waals surface area contributed by atoms with E-state index < -0.39 is 5.41 Å². The van der Waals surface area contributed by atoms with Gasteiger partial charge in [-0.3, -0.25) is 9.59 Å². The zero-order valence-corrected chi connectivity index (χ0v) is 12.3. The van der Waals surface area contributed by atoms with Crippen molar-refractivity contribution in [2.45, 2.75) is 39.0 Å². The zero-order valence-electron chi connectivity index (χ0n) is 12.3. The molecule has 0 spiro atoms. The van der Waals surface area contributed by atoms with Gasteiger partial charge in [-0.15, -0.1) is 0 Å². The first-order valence-electron chi connectivity index (χ1n) is 6.88. The summed E-state index contributed by atoms with van der Waals surface area (Å²) < 4.78 is 10.0. The van der Waals surface area contributed by atoms with Crippen molar-refractivity contribution in [3.8, 4) is 0 Å². The third-order valence-corrected chi connectivity index (χ3v) is 3.15. The molecule has 1 rings (SSSR count). The monoisotopic (exact) mass is 278 g/mol. The molecular weight excluding hydrogens is 256 g/mol. The van der Waals surface area contributed by atoms with Crippen molar-refractivity contribution in [3.05, 3.63) is 35.9 Å². The predicted octanol–water partition coefficient (Wildman–Crippen LogP) is 2.85. The Morgan fingerprint density at radius 2 is 1.40 bits per heavy atom. The first-order chi connectivity index (χ1) is 9.51. The van der Waals surface area contributed by atoms with Crippen LogP contribution in [0.4, 0.5) is 0 Å². The molecule has 110 valence electrons. The van der Waals surface area contributed by atoms with Gasteiger partial charge in [0.15, 0.2) is 0 Å². The van der Waals surface area contributed by atoms with Gasteiger partial charge in [-0.25, -0.2) is 0 Å². The van der Waals surface area contributed by atoms with Crippen LogP contribution >= 0.6 is 0 Å². The van der Waals surface area contributed by atoms with Crippen LogP contribution in [0.15, 0.2) is 30.3 Å². The van der Waals surface area contributed by atoms with E-state index >= 15 is 0 Å². The summed E-state index contributed by atoms with van der Waals surface area (Å²) in [6, 6.07) is 9.52. The zero-order chi connectivity index (χ0) is 15.0. The average molecular weight is 278 g/mol. The summed E-state index contributed by atoms with van der Waals surface area (Å²) in [5.74, 6) is -0.605. The molecule has 4 heteroatoms. The van der Waals surface area contributed by atoms with Gasteiger partial charge in [0.1, 0.15) is 0 Å². The van der Waals surface area contributed by atoms with Crippen molar-refractivity contribution in [1.29, 1.82) is 0 Å². The van der Waals surface area contributed by atoms with E-state index in [1.165, 1.54) is 0 Å². The number of benzene rings is 1. The summed E-state index contributed by atoms with van der Waals surface area (Å²) in [4.78, 5) is 23.6. The van der Waals surface area contributed by atoms with Crippen molar-refractivity contribution in [2.75, 3.05) is 13.2 Å². The first kappa shape index (κ1) is 16.2. The molecule has 0 saturated heterocycles. The average Bonchev–Trinajstić information content (AvgIpc) is 2.40. The topological polar surface area (TPSA) is 52.6 Å². The summed E-state index contributed by atoms with van der Waals surface area (Å²) in [6.07, 6.45) is 0.313. The standard InChI is InChI=1S/C16H22O4/c1-4-19-14(17)11-16(3,12-15(18)20-5-2)13-9-7-6-8-10-13/h6-10H,4-5,11-12H2,1-3H3. The summed E-state index contributed by atoms with van der Waals surface area (Å²) in [5, 5.41) is 0. The van der Waals surface area contributed by atoms with E-state index in [4.69, 9.17) is 9.47 Å². The number of ether oxygens (including phenoxy) is 2. The Morgan fingerprint density at radius 3 is 1.80 bits per heavy atom. The molecule has 0 aromatic heterocycles. The predicted molar refractivity (Wildman–Crippen MR) is 76.3 cm³/mol. The largest absolute Gasteiger partial charge is 0.466 e. The highest BCUT2D eigenvalue weighted by Crippen LogP contribution is 2.32. The fraction of sp³-hybridized carbons (Fsp3) is 0.500. The van der Waals surface area contributed by atoms with Crippen LogP contribution < -0.4 is 0 Å². The number of carbonyl (C=O) groups is 2. The van der Waals surface area contributed by atoms with Crippen LogP contribution in [-0.4, -0.2) is 25.2 Å². The summed E-state index contributed by atoms with van der Waals surface area (Å²) in [6.45, 7) is 6.09. The molecule has 0 N–H and O–H groups in total. The Bertz CT molecular complexity index is 419. The third kappa shape index (κ3) is 4.68. The summed E-state index contributed by atoms with van der Waals surface area (Å²) >= 11 is 0. The van der Waals surface area contributed by atoms with Crippen LogP contribution in [0, 0.1) is 0 Å². The van der Waals surface area contributed by atoms with Crippen molar-refractivity contribution >= 4 is 11.9 Å². The van der Waals surface area contributed by atoms with Crippen LogP contribution in [0.3, 0.4) is 0 Å². The minimum absolute atomic E-state index is 0.156. The molecule has 0 radical (unpaired) electrons. The highest BCUT2D eigenvalue weighted by molar-refractivity contribution is 5.76. The first-order valence-corrected chi connectivity index (χ1v) is 6.88. The molecule has 0 amide bonds. The molecule has 0 aliphatic rings. The molecule has 4 nitrogen and oxygen atoms in total. The molecule has 0 aliphatic heterocycles. The number of esters is 2. The second-order valence-electron chi connectivity index (χ2n) is 4.89. The summed E-state index contributed by atoms with van der Waals surface area (Å²) in [7, 11) is 0. The van der Waals surface area contributed by atoms with Gasteiger partial charge in [-0.05, 0) is 19.4 Å². The van der Waals surface area contributed by atoms with Crippen molar-refractivity contribution in [3.63, 3.8) is 0 Å². The maximum atomic E-state index is 11.8. The molecular formula is C16H22O4. The van der Waals surface area contributed by atoms with Crippen LogP contribution in [0.25, 0.3) is 0 Å². The Hall–Kier alpha value is -1.84. The molecule has 1 aromatic rings. The SMILES string of the molecule is CCOC(=O)CC(C)(CC(=O)OCC)c1ccccc1. The van der Waals surface area contributed by atoms with E-state index in [1.54, 1.807) is 13.8 Å². The Morgan fingerprint density at radius 1 is 0.950 bits per heavy atom. The van der Waals surface area contributed by atoms with Crippen LogP contribution in [0.1, 0.15) is 39.2 Å². The molecule has 0 atom stereocenters. The number of rotatable bonds is 7. The van der Waals surface area contributed by atoms with Crippen molar-refractivity contribution in [2.24, 2.45) is 0 Å². The number of carbonyl (C=O) groups excluding carboxylic acids is 2. The molecule has 0 aliphatic carbocycles. The normalized spacial score (nSPS) is 10.9. The molecule has 0 bridgehead atoms. The fourth-order valence-corrected chi connectivity index (χ4v) is 2.17. The maximum absolute atomic E-state index is 11.8. The minimum atomic E-state index is -0.611. The molecule has 0 fully saturated rings. The lowest BCUT2D eigenvalue weighted by Gasteiger charge is -2.28. The lowest BCUT2D eigenvalue weighted by Crippen LogP contribution is -2.30. The second kappa shape index (κ2) is 7.68. The van der Waals surface area contributed by atoms with Gasteiger partial charge in [-0.2, -0.15) is 0 Å². The number of hydrogen-bond acceptors (Lipinski definition) is 4. The van der Waals surface area contributed by atoms with E-state index in [0.717, 1.165) is 5.56 Å². The van der Waals surface area contributed by atoms with E-state index in [1.807, 2.05) is 37.3 Å². The van der Waals surface area contributed by atoms with E-state index in [0.29, 0.717) is 13.2 Å². The van der Waals surface area contributed by atoms with Crippen LogP contribution in [0.5, 0.6) is 0 Å². The van der Waals surface area contributed by atoms with Gasteiger partial charge >= 0.3 is 11.9 Å². The van der Waals surface area contributed by atoms with E-state index in [2.05, 4.69) is 0 Å². The minimum Gasteiger partial charge on any atom is -0.466 e. The van der Waals surface area contributed by atoms with Gasteiger partial charge in [0.2, 0.25) is 0 Å². The third-order valence-electron chi connectivity index (χ3n) is 3.15. The van der Waals surface area contributed by atoms with Crippen molar-refractivity contribution < 1.29 is 19.1 Å². The van der Waals surface area contributed by atoms with Gasteiger partial charge in [0.25, 0.3) is 0 Å². The lowest BCUT2D eigenvalue weighted by molar-refractivity contribution is -0.147. The molecule has 0 heterocycles. The molecule has 0 saturated carbocycles. The Balaban J connectivity index is 2.93. The van der Waals surface area contributed by atoms with Crippen LogP contribution in [-0.2, 0) is 24.5 Å². The van der Waals surface area contributed by atoms with Crippen LogP contribution in [0.2, 0.25) is 0 Å². The van der Waals surface area contributed by atoms with Gasteiger partial charge < -0.3 is 9.47 Å². The molecule has 20 heavy (non-hydrogen) atoms. The molecule has 1 aromatic carbocycles. The van der Waals surface area contributed by atoms with Crippen molar-refractivity contribution in [1.82, 2.24) is 0 Å². The lowest BCUT2D eigenvalue weighted by atomic mass is 9.77. The van der Waals surface area contributed by atoms with E-state index in [9.17, 15) is 9.59 Å². The maximum Gasteiger partial charge on any atom is 0.306 e. The van der Waals surface area contributed by atoms with E-state index in [-0.39, 0.29) is 24.8 Å². The Kier molecular flexibility index (Phi) is 6.22. The highest BCUT2D eigenvalue weighted by atomic mass is 16.5. The molecule has 0 unspecified atom stereocenters. The van der Waals surface area contributed by atoms with Gasteiger partial charge in [0.05, 0.1) is 26.1 Å². The quantitative estimate of drug-likeness (QED) is 0.720. The number of hydrogen-bond donors (Lipinski definition) is 0. The van der Waals surface area contributed by atoms with Gasteiger partial charge in [0, 0.05) is 5.41 Å². The second-order valence-corrected chi connectivity index (χ2v) is 4.89. The smallest absolute Gasteiger partial charge is 0.306 e.